The molecule has 1 amide bonds. The second-order valence-corrected chi connectivity index (χ2v) is 6.20. The first-order valence-electron chi connectivity index (χ1n) is 8.01. The fraction of sp³-hybridized carbons (Fsp3) is 0.471. The van der Waals surface area contributed by atoms with Crippen LogP contribution in [0.25, 0.3) is 0 Å². The van der Waals surface area contributed by atoms with E-state index in [0.717, 1.165) is 49.4 Å². The summed E-state index contributed by atoms with van der Waals surface area (Å²) >= 11 is 0. The van der Waals surface area contributed by atoms with Crippen molar-refractivity contribution in [3.63, 3.8) is 0 Å². The number of anilines is 1. The lowest BCUT2D eigenvalue weighted by molar-refractivity contribution is -0.132. The summed E-state index contributed by atoms with van der Waals surface area (Å²) in [5.74, 6) is 1.90. The third kappa shape index (κ3) is 4.71. The van der Waals surface area contributed by atoms with Gasteiger partial charge in [0, 0.05) is 32.1 Å². The van der Waals surface area contributed by atoms with Crippen molar-refractivity contribution in [2.45, 2.75) is 32.6 Å². The first-order chi connectivity index (χ1) is 11.1. The average molecular weight is 351 g/mol. The Hall–Kier alpha value is -2.08. The number of halogens is 1. The zero-order valence-electron chi connectivity index (χ0n) is 13.8. The number of piperidine rings is 1. The van der Waals surface area contributed by atoms with Gasteiger partial charge in [-0.1, -0.05) is 17.3 Å². The molecule has 0 bridgehead atoms. The van der Waals surface area contributed by atoms with E-state index in [4.69, 9.17) is 10.3 Å². The standard InChI is InChI=1S/C17H22N4O2.ClH/c1-12-19-16(20-23-12)9-14-3-2-8-21(11-14)17(22)10-13-4-6-15(18)7-5-13;/h4-7,14H,2-3,8-11,18H2,1H3;1H. The summed E-state index contributed by atoms with van der Waals surface area (Å²) < 4.78 is 5.02. The van der Waals surface area contributed by atoms with E-state index in [1.54, 1.807) is 6.92 Å². The fourth-order valence-electron chi connectivity index (χ4n) is 3.06. The van der Waals surface area contributed by atoms with Gasteiger partial charge >= 0.3 is 0 Å². The van der Waals surface area contributed by atoms with Crippen molar-refractivity contribution >= 4 is 24.0 Å². The normalized spacial score (nSPS) is 17.4. The number of nitrogen functional groups attached to an aromatic ring is 1. The number of carbonyl (C=O) groups excluding carboxylic acids is 1. The van der Waals surface area contributed by atoms with Crippen molar-refractivity contribution < 1.29 is 9.32 Å². The molecule has 1 fully saturated rings. The van der Waals surface area contributed by atoms with E-state index in [0.29, 0.717) is 18.2 Å². The Labute approximate surface area is 147 Å². The third-order valence-electron chi connectivity index (χ3n) is 4.25. The summed E-state index contributed by atoms with van der Waals surface area (Å²) in [6, 6.07) is 7.49. The number of amides is 1. The molecule has 0 radical (unpaired) electrons. The molecule has 2 heterocycles. The van der Waals surface area contributed by atoms with Crippen LogP contribution in [0.3, 0.4) is 0 Å². The lowest BCUT2D eigenvalue weighted by atomic mass is 9.94. The minimum absolute atomic E-state index is 0. The molecule has 6 nitrogen and oxygen atoms in total. The van der Waals surface area contributed by atoms with Crippen LogP contribution < -0.4 is 5.73 Å². The Balaban J connectivity index is 0.00000208. The van der Waals surface area contributed by atoms with Gasteiger partial charge in [-0.05, 0) is 36.5 Å². The fourth-order valence-corrected chi connectivity index (χ4v) is 3.06. The second-order valence-electron chi connectivity index (χ2n) is 6.20. The smallest absolute Gasteiger partial charge is 0.226 e. The van der Waals surface area contributed by atoms with Gasteiger partial charge in [0.1, 0.15) is 0 Å². The van der Waals surface area contributed by atoms with Crippen LogP contribution in [0.15, 0.2) is 28.8 Å². The molecule has 24 heavy (non-hydrogen) atoms. The topological polar surface area (TPSA) is 85.2 Å². The summed E-state index contributed by atoms with van der Waals surface area (Å²) in [6.45, 7) is 3.39. The van der Waals surface area contributed by atoms with Crippen molar-refractivity contribution in [1.29, 1.82) is 0 Å². The predicted octanol–water partition coefficient (Wildman–Crippen LogP) is 2.41. The number of nitrogens with two attached hydrogens (primary N) is 1. The molecule has 7 heteroatoms. The molecule has 0 aliphatic carbocycles. The maximum absolute atomic E-state index is 12.5. The molecule has 2 N–H and O–H groups in total. The highest BCUT2D eigenvalue weighted by atomic mass is 35.5. The molecule has 2 aromatic rings. The lowest BCUT2D eigenvalue weighted by Crippen LogP contribution is -2.41. The zero-order chi connectivity index (χ0) is 16.2. The molecule has 130 valence electrons. The number of benzene rings is 1. The molecular formula is C17H23ClN4O2. The average Bonchev–Trinajstić information content (AvgIpc) is 2.95. The van der Waals surface area contributed by atoms with Crippen molar-refractivity contribution in [3.8, 4) is 0 Å². The monoisotopic (exact) mass is 350 g/mol. The van der Waals surface area contributed by atoms with Crippen molar-refractivity contribution in [1.82, 2.24) is 15.0 Å². The maximum Gasteiger partial charge on any atom is 0.226 e. The van der Waals surface area contributed by atoms with Gasteiger partial charge in [0.05, 0.1) is 6.42 Å². The van der Waals surface area contributed by atoms with E-state index in [9.17, 15) is 4.79 Å². The van der Waals surface area contributed by atoms with Gasteiger partial charge in [0.25, 0.3) is 0 Å². The van der Waals surface area contributed by atoms with Crippen LogP contribution in [0, 0.1) is 12.8 Å². The Kier molecular flexibility index (Phi) is 6.20. The van der Waals surface area contributed by atoms with Gasteiger partial charge < -0.3 is 15.2 Å². The molecule has 0 spiro atoms. The van der Waals surface area contributed by atoms with Gasteiger partial charge in [0.2, 0.25) is 11.8 Å². The molecule has 3 rings (SSSR count). The van der Waals surface area contributed by atoms with Crippen LogP contribution in [-0.2, 0) is 17.6 Å². The Morgan fingerprint density at radius 3 is 2.79 bits per heavy atom. The number of likely N-dealkylation sites (tertiary alicyclic amines) is 1. The summed E-state index contributed by atoms with van der Waals surface area (Å²) in [7, 11) is 0. The number of carbonyl (C=O) groups is 1. The van der Waals surface area contributed by atoms with E-state index >= 15 is 0 Å². The van der Waals surface area contributed by atoms with Crippen molar-refractivity contribution in [2.24, 2.45) is 5.92 Å². The lowest BCUT2D eigenvalue weighted by Gasteiger charge is -2.32. The van der Waals surface area contributed by atoms with Crippen LogP contribution in [0.5, 0.6) is 0 Å². The number of hydrogen-bond donors (Lipinski definition) is 1. The highest BCUT2D eigenvalue weighted by molar-refractivity contribution is 5.85. The Bertz CT molecular complexity index is 671. The van der Waals surface area contributed by atoms with E-state index in [2.05, 4.69) is 10.1 Å². The van der Waals surface area contributed by atoms with Gasteiger partial charge in [-0.2, -0.15) is 4.98 Å². The highest BCUT2D eigenvalue weighted by Gasteiger charge is 2.25. The van der Waals surface area contributed by atoms with E-state index in [1.807, 2.05) is 29.2 Å². The minimum Gasteiger partial charge on any atom is -0.399 e. The molecule has 1 unspecified atom stereocenters. The summed E-state index contributed by atoms with van der Waals surface area (Å²) in [6.07, 6.45) is 3.31. The SMILES string of the molecule is Cc1nc(CC2CCCN(C(=O)Cc3ccc(N)cc3)C2)no1.Cl. The predicted molar refractivity (Wildman–Crippen MR) is 93.8 cm³/mol. The third-order valence-corrected chi connectivity index (χ3v) is 4.25. The van der Waals surface area contributed by atoms with Crippen LogP contribution in [0.1, 0.15) is 30.1 Å². The van der Waals surface area contributed by atoms with Crippen molar-refractivity contribution in [2.75, 3.05) is 18.8 Å². The molecule has 1 aliphatic heterocycles. The number of hydrogen-bond acceptors (Lipinski definition) is 5. The van der Waals surface area contributed by atoms with Crippen LogP contribution >= 0.6 is 12.4 Å². The van der Waals surface area contributed by atoms with Crippen LogP contribution in [0.2, 0.25) is 0 Å². The molecule has 1 aliphatic rings. The first kappa shape index (κ1) is 18.3. The second kappa shape index (κ2) is 8.15. The van der Waals surface area contributed by atoms with Crippen molar-refractivity contribution in [3.05, 3.63) is 41.5 Å². The van der Waals surface area contributed by atoms with Gasteiger partial charge in [-0.15, -0.1) is 12.4 Å². The zero-order valence-corrected chi connectivity index (χ0v) is 14.6. The summed E-state index contributed by atoms with van der Waals surface area (Å²) in [4.78, 5) is 18.7. The molecule has 0 saturated carbocycles. The van der Waals surface area contributed by atoms with E-state index in [1.165, 1.54) is 0 Å². The Morgan fingerprint density at radius 2 is 2.12 bits per heavy atom. The summed E-state index contributed by atoms with van der Waals surface area (Å²) in [5.41, 5.74) is 7.40. The number of nitrogens with zero attached hydrogens (tertiary/aromatic N) is 3. The van der Waals surface area contributed by atoms with Gasteiger partial charge in [0.15, 0.2) is 5.82 Å². The van der Waals surface area contributed by atoms with Crippen LogP contribution in [-0.4, -0.2) is 34.0 Å². The minimum atomic E-state index is 0. The Morgan fingerprint density at radius 1 is 1.38 bits per heavy atom. The molecular weight excluding hydrogens is 328 g/mol. The van der Waals surface area contributed by atoms with E-state index in [-0.39, 0.29) is 18.3 Å². The van der Waals surface area contributed by atoms with Gasteiger partial charge in [-0.25, -0.2) is 0 Å². The molecule has 1 saturated heterocycles. The summed E-state index contributed by atoms with van der Waals surface area (Å²) in [5, 5.41) is 3.95. The molecule has 1 atom stereocenters. The number of aromatic nitrogens is 2. The van der Waals surface area contributed by atoms with Gasteiger partial charge in [-0.3, -0.25) is 4.79 Å². The molecule has 1 aromatic heterocycles. The highest BCUT2D eigenvalue weighted by Crippen LogP contribution is 2.21. The van der Waals surface area contributed by atoms with Crippen LogP contribution in [0.4, 0.5) is 5.69 Å². The molecule has 1 aromatic carbocycles. The quantitative estimate of drug-likeness (QED) is 0.856. The maximum atomic E-state index is 12.5. The first-order valence-corrected chi connectivity index (χ1v) is 8.01. The van der Waals surface area contributed by atoms with E-state index < -0.39 is 0 Å². The number of rotatable bonds is 4. The largest absolute Gasteiger partial charge is 0.399 e. The number of aryl methyl sites for hydroxylation is 1.